The number of Topliss-reactive ketones (excluding diaryl/α,β-unsaturated/α-hetero) is 1. The number of rotatable bonds is 7. The molecule has 3 aliphatic rings. The van der Waals surface area contributed by atoms with E-state index in [0.717, 1.165) is 17.0 Å². The second kappa shape index (κ2) is 10.0. The normalized spacial score (nSPS) is 26.6. The van der Waals surface area contributed by atoms with Crippen LogP contribution in [-0.4, -0.2) is 50.0 Å². The Morgan fingerprint density at radius 3 is 2.46 bits per heavy atom. The maximum atomic E-state index is 14.4. The molecule has 6 nitrogen and oxygen atoms in total. The van der Waals surface area contributed by atoms with Crippen molar-refractivity contribution in [3.05, 3.63) is 35.0 Å². The number of carbonyl (C=O) groups is 1. The molecule has 1 aliphatic heterocycles. The largest absolute Gasteiger partial charge is 0.369 e. The Morgan fingerprint density at radius 2 is 1.86 bits per heavy atom. The molecule has 5 rings (SSSR count). The number of nitrogens with zero attached hydrogens (tertiary/aromatic N) is 3. The van der Waals surface area contributed by atoms with Crippen molar-refractivity contribution in [3.8, 4) is 16.5 Å². The summed E-state index contributed by atoms with van der Waals surface area (Å²) in [5, 5.41) is 9.10. The second-order valence-corrected chi connectivity index (χ2v) is 13.7. The Balaban J connectivity index is 1.44. The van der Waals surface area contributed by atoms with Gasteiger partial charge in [-0.2, -0.15) is 5.26 Å². The van der Waals surface area contributed by atoms with Crippen LogP contribution in [0.4, 0.5) is 18.9 Å². The van der Waals surface area contributed by atoms with Crippen LogP contribution in [-0.2, 0) is 14.6 Å². The van der Waals surface area contributed by atoms with Gasteiger partial charge in [0.2, 0.25) is 0 Å². The first-order valence-electron chi connectivity index (χ1n) is 12.5. The van der Waals surface area contributed by atoms with E-state index in [9.17, 15) is 31.6 Å². The van der Waals surface area contributed by atoms with Crippen molar-refractivity contribution < 1.29 is 26.4 Å². The summed E-state index contributed by atoms with van der Waals surface area (Å²) in [6.07, 6.45) is -1.97. The number of hydrogen-bond donors (Lipinski definition) is 0. The van der Waals surface area contributed by atoms with E-state index in [2.05, 4.69) is 11.1 Å². The number of thiazole rings is 1. The van der Waals surface area contributed by atoms with Crippen LogP contribution in [0.3, 0.4) is 0 Å². The molecule has 3 fully saturated rings. The number of hydrogen-bond acceptors (Lipinski definition) is 7. The molecule has 1 aromatic carbocycles. The molecular weight excluding hydrogens is 523 g/mol. The minimum atomic E-state index is -3.02. The molecule has 0 N–H and O–H groups in total. The van der Waals surface area contributed by atoms with Crippen LogP contribution in [0, 0.1) is 22.7 Å². The molecule has 1 saturated heterocycles. The summed E-state index contributed by atoms with van der Waals surface area (Å²) in [5.41, 5.74) is 1.27. The average molecular weight is 552 g/mol. The first-order chi connectivity index (χ1) is 17.6. The average Bonchev–Trinajstić information content (AvgIpc) is 3.50. The fraction of sp³-hybridized carbons (Fsp3) is 0.577. The number of halogens is 3. The smallest absolute Gasteiger partial charge is 0.289 e. The van der Waals surface area contributed by atoms with Gasteiger partial charge in [0, 0.05) is 37.0 Å². The van der Waals surface area contributed by atoms with E-state index in [1.54, 1.807) is 12.1 Å². The van der Waals surface area contributed by atoms with E-state index < -0.39 is 39.7 Å². The van der Waals surface area contributed by atoms with Gasteiger partial charge in [-0.15, -0.1) is 11.3 Å². The third kappa shape index (κ3) is 5.55. The van der Waals surface area contributed by atoms with E-state index in [1.165, 1.54) is 0 Å². The van der Waals surface area contributed by atoms with Gasteiger partial charge >= 0.3 is 0 Å². The molecule has 198 valence electrons. The number of anilines is 1. The SMILES string of the molecule is N#CC1(CC(=O)[C@@H]2C[C@@H](F)CC[C@H]2c2nc(C(F)F)sc2-c2ccc(N3CCS(=O)(=O)CC3)cc2)CC1. The lowest BCUT2D eigenvalue weighted by atomic mass is 9.72. The topological polar surface area (TPSA) is 91.1 Å². The number of nitriles is 1. The first-order valence-corrected chi connectivity index (χ1v) is 15.2. The molecule has 11 heteroatoms. The molecule has 1 aromatic heterocycles. The summed E-state index contributed by atoms with van der Waals surface area (Å²) in [6, 6.07) is 9.50. The fourth-order valence-corrected chi connectivity index (χ4v) is 7.64. The maximum absolute atomic E-state index is 14.4. The third-order valence-electron chi connectivity index (χ3n) is 7.85. The molecule has 0 amide bonds. The van der Waals surface area contributed by atoms with E-state index >= 15 is 0 Å². The molecular formula is C26H28F3N3O3S2. The summed E-state index contributed by atoms with van der Waals surface area (Å²) in [5.74, 6) is -1.19. The van der Waals surface area contributed by atoms with Gasteiger partial charge < -0.3 is 4.90 Å². The van der Waals surface area contributed by atoms with E-state index in [1.807, 2.05) is 17.0 Å². The Kier molecular flexibility index (Phi) is 7.09. The monoisotopic (exact) mass is 551 g/mol. The van der Waals surface area contributed by atoms with Crippen molar-refractivity contribution in [2.75, 3.05) is 29.5 Å². The number of ketones is 1. The number of aromatic nitrogens is 1. The Labute approximate surface area is 218 Å². The van der Waals surface area contributed by atoms with Gasteiger partial charge in [0.1, 0.15) is 12.0 Å². The van der Waals surface area contributed by atoms with Crippen molar-refractivity contribution >= 4 is 32.6 Å². The molecule has 2 saturated carbocycles. The Bertz CT molecular complexity index is 1300. The number of carbonyl (C=O) groups excluding carboxylic acids is 1. The van der Waals surface area contributed by atoms with Crippen LogP contribution in [0.1, 0.15) is 61.6 Å². The van der Waals surface area contributed by atoms with Crippen molar-refractivity contribution in [2.45, 2.75) is 57.0 Å². The summed E-state index contributed by atoms with van der Waals surface area (Å²) in [4.78, 5) is 20.1. The predicted octanol–water partition coefficient (Wildman–Crippen LogP) is 5.47. The van der Waals surface area contributed by atoms with Crippen LogP contribution < -0.4 is 4.90 Å². The molecule has 0 bridgehead atoms. The van der Waals surface area contributed by atoms with Gasteiger partial charge in [-0.25, -0.2) is 26.6 Å². The lowest BCUT2D eigenvalue weighted by molar-refractivity contribution is -0.126. The summed E-state index contributed by atoms with van der Waals surface area (Å²) < 4.78 is 65.4. The fourth-order valence-electron chi connectivity index (χ4n) is 5.44. The van der Waals surface area contributed by atoms with Gasteiger partial charge in [-0.1, -0.05) is 12.1 Å². The third-order valence-corrected chi connectivity index (χ3v) is 10.6. The van der Waals surface area contributed by atoms with Gasteiger partial charge in [0.05, 0.1) is 33.6 Å². The highest BCUT2D eigenvalue weighted by molar-refractivity contribution is 7.91. The van der Waals surface area contributed by atoms with Crippen LogP contribution in [0.5, 0.6) is 0 Å². The van der Waals surface area contributed by atoms with Crippen molar-refractivity contribution in [1.82, 2.24) is 4.98 Å². The lowest BCUT2D eigenvalue weighted by Gasteiger charge is -2.32. The molecule has 2 aliphatic carbocycles. The second-order valence-electron chi connectivity index (χ2n) is 10.4. The van der Waals surface area contributed by atoms with Crippen LogP contribution in [0.2, 0.25) is 0 Å². The van der Waals surface area contributed by atoms with E-state index in [0.29, 0.717) is 48.5 Å². The number of benzene rings is 1. The molecule has 2 heterocycles. The number of alkyl halides is 3. The Hall–Kier alpha value is -2.45. The summed E-state index contributed by atoms with van der Waals surface area (Å²) in [6.45, 7) is 0.785. The van der Waals surface area contributed by atoms with Crippen molar-refractivity contribution in [1.29, 1.82) is 5.26 Å². The quantitative estimate of drug-likeness (QED) is 0.454. The van der Waals surface area contributed by atoms with Gasteiger partial charge in [0.15, 0.2) is 14.8 Å². The van der Waals surface area contributed by atoms with E-state index in [-0.39, 0.29) is 41.6 Å². The van der Waals surface area contributed by atoms with Crippen LogP contribution in [0.15, 0.2) is 24.3 Å². The molecule has 0 unspecified atom stereocenters. The van der Waals surface area contributed by atoms with Gasteiger partial charge in [0.25, 0.3) is 6.43 Å². The lowest BCUT2D eigenvalue weighted by Crippen LogP contribution is -2.40. The van der Waals surface area contributed by atoms with E-state index in [4.69, 9.17) is 0 Å². The molecule has 0 spiro atoms. The first kappa shape index (κ1) is 26.2. The van der Waals surface area contributed by atoms with Gasteiger partial charge in [-0.3, -0.25) is 4.79 Å². The molecule has 0 radical (unpaired) electrons. The molecule has 37 heavy (non-hydrogen) atoms. The maximum Gasteiger partial charge on any atom is 0.289 e. The summed E-state index contributed by atoms with van der Waals surface area (Å²) >= 11 is 0.889. The zero-order chi connectivity index (χ0) is 26.4. The Morgan fingerprint density at radius 1 is 1.19 bits per heavy atom. The van der Waals surface area contributed by atoms with Gasteiger partial charge in [-0.05, 0) is 49.8 Å². The standard InChI is InChI=1S/C26H28F3N3O3S2/c27-17-3-6-19(20(13-17)21(33)14-26(15-30)7-8-26)22-23(36-25(31-22)24(28)29)16-1-4-18(5-2-16)32-9-11-37(34,35)12-10-32/h1-2,4-5,17,19-20,24H,3,6-14H2/t17-,19+,20+/m0/s1. The predicted molar refractivity (Wildman–Crippen MR) is 135 cm³/mol. The zero-order valence-electron chi connectivity index (χ0n) is 20.2. The van der Waals surface area contributed by atoms with Crippen LogP contribution in [0.25, 0.3) is 10.4 Å². The minimum absolute atomic E-state index is 0.0167. The molecule has 2 aromatic rings. The minimum Gasteiger partial charge on any atom is -0.369 e. The summed E-state index contributed by atoms with van der Waals surface area (Å²) in [7, 11) is -3.02. The highest BCUT2D eigenvalue weighted by atomic mass is 32.2. The highest BCUT2D eigenvalue weighted by Gasteiger charge is 2.48. The number of sulfone groups is 1. The highest BCUT2D eigenvalue weighted by Crippen LogP contribution is 2.52. The van der Waals surface area contributed by atoms with Crippen molar-refractivity contribution in [3.63, 3.8) is 0 Å². The molecule has 3 atom stereocenters. The zero-order valence-corrected chi connectivity index (χ0v) is 21.8. The van der Waals surface area contributed by atoms with Crippen molar-refractivity contribution in [2.24, 2.45) is 11.3 Å². The van der Waals surface area contributed by atoms with Crippen LogP contribution >= 0.6 is 11.3 Å².